The number of benzene rings is 1. The zero-order valence-electron chi connectivity index (χ0n) is 19.9. The number of carbonyl (C=O) groups excluding carboxylic acids is 2. The number of hydrogen-bond donors (Lipinski definition) is 0. The summed E-state index contributed by atoms with van der Waals surface area (Å²) >= 11 is 0. The summed E-state index contributed by atoms with van der Waals surface area (Å²) in [6.07, 6.45) is 0. The molecule has 0 aliphatic heterocycles. The van der Waals surface area contributed by atoms with Gasteiger partial charge in [0, 0.05) is 12.5 Å². The molecule has 11 nitrogen and oxygen atoms in total. The standard InChI is InChI=1S/C22H30N4O7/c1-15(18(25-30-7)21(28)33-22(3,4)5)23-24-16(2)31-13-14-32-26-19(20(27)29-6)17-11-9-8-10-12-17/h8-12H,13-14H2,1-7H3/b23-15+,24-16+,25-18+,26-19-. The lowest BCUT2D eigenvalue weighted by molar-refractivity contribution is -0.146. The minimum atomic E-state index is -0.703. The van der Waals surface area contributed by atoms with Gasteiger partial charge >= 0.3 is 11.9 Å². The van der Waals surface area contributed by atoms with Crippen LogP contribution in [0, 0.1) is 0 Å². The van der Waals surface area contributed by atoms with Crippen LogP contribution in [0.2, 0.25) is 0 Å². The average molecular weight is 463 g/mol. The first kappa shape index (κ1) is 27.3. The van der Waals surface area contributed by atoms with E-state index in [2.05, 4.69) is 20.5 Å². The van der Waals surface area contributed by atoms with Crippen molar-refractivity contribution in [3.8, 4) is 0 Å². The number of nitrogens with zero attached hydrogens (tertiary/aromatic N) is 4. The van der Waals surface area contributed by atoms with Crippen molar-refractivity contribution in [2.24, 2.45) is 20.5 Å². The molecule has 0 aromatic heterocycles. The predicted molar refractivity (Wildman–Crippen MR) is 123 cm³/mol. The SMILES string of the molecule is CO\N=C(C(=O)OC(C)(C)C)/C(C)=N/N=C(\C)OCCO/N=C(\C(=O)OC)c1ccccc1. The van der Waals surface area contributed by atoms with Gasteiger partial charge in [0.05, 0.1) is 12.8 Å². The van der Waals surface area contributed by atoms with Gasteiger partial charge < -0.3 is 23.9 Å². The van der Waals surface area contributed by atoms with Crippen LogP contribution in [-0.4, -0.2) is 68.0 Å². The zero-order chi connectivity index (χ0) is 24.9. The van der Waals surface area contributed by atoms with E-state index in [0.717, 1.165) is 0 Å². The van der Waals surface area contributed by atoms with Gasteiger partial charge in [-0.3, -0.25) is 0 Å². The number of carbonyl (C=O) groups is 2. The highest BCUT2D eigenvalue weighted by molar-refractivity contribution is 6.65. The fourth-order valence-electron chi connectivity index (χ4n) is 2.13. The lowest BCUT2D eigenvalue weighted by atomic mass is 10.1. The van der Waals surface area contributed by atoms with Crippen molar-refractivity contribution in [3.05, 3.63) is 35.9 Å². The smallest absolute Gasteiger partial charge is 0.362 e. The number of hydrogen-bond acceptors (Lipinski definition) is 11. The van der Waals surface area contributed by atoms with Crippen LogP contribution in [-0.2, 0) is 33.5 Å². The molecule has 0 saturated heterocycles. The van der Waals surface area contributed by atoms with E-state index in [1.807, 2.05) is 6.07 Å². The Bertz CT molecular complexity index is 916. The van der Waals surface area contributed by atoms with E-state index >= 15 is 0 Å². The number of ether oxygens (including phenoxy) is 3. The summed E-state index contributed by atoms with van der Waals surface area (Å²) in [5.41, 5.74) is -0.0363. The van der Waals surface area contributed by atoms with Crippen LogP contribution in [0.15, 0.2) is 50.8 Å². The van der Waals surface area contributed by atoms with Gasteiger partial charge in [0.25, 0.3) is 0 Å². The Morgan fingerprint density at radius 1 is 0.909 bits per heavy atom. The maximum atomic E-state index is 12.3. The van der Waals surface area contributed by atoms with Gasteiger partial charge in [-0.2, -0.15) is 0 Å². The Morgan fingerprint density at radius 3 is 2.15 bits per heavy atom. The summed E-state index contributed by atoms with van der Waals surface area (Å²) in [6.45, 7) is 8.44. The molecule has 11 heteroatoms. The first-order valence-electron chi connectivity index (χ1n) is 9.99. The molecular formula is C22H30N4O7. The molecule has 0 N–H and O–H groups in total. The third-order valence-corrected chi connectivity index (χ3v) is 3.53. The predicted octanol–water partition coefficient (Wildman–Crippen LogP) is 2.74. The Kier molecular flexibility index (Phi) is 11.2. The van der Waals surface area contributed by atoms with Crippen molar-refractivity contribution in [2.45, 2.75) is 40.2 Å². The third kappa shape index (κ3) is 10.4. The van der Waals surface area contributed by atoms with Gasteiger partial charge in [0.15, 0.2) is 12.3 Å². The second-order valence-corrected chi connectivity index (χ2v) is 7.41. The average Bonchev–Trinajstić information content (AvgIpc) is 2.77. The van der Waals surface area contributed by atoms with Crippen LogP contribution in [0.1, 0.15) is 40.2 Å². The normalized spacial score (nSPS) is 13.3. The summed E-state index contributed by atoms with van der Waals surface area (Å²) in [5.74, 6) is -1.10. The molecule has 0 unspecified atom stereocenters. The molecule has 0 spiro atoms. The minimum absolute atomic E-state index is 0.0378. The second kappa shape index (κ2) is 13.6. The Balaban J connectivity index is 2.69. The molecule has 0 aliphatic rings. The molecule has 180 valence electrons. The van der Waals surface area contributed by atoms with Crippen molar-refractivity contribution in [1.82, 2.24) is 0 Å². The van der Waals surface area contributed by atoms with Crippen LogP contribution in [0.25, 0.3) is 0 Å². The van der Waals surface area contributed by atoms with Gasteiger partial charge in [-0.1, -0.05) is 40.6 Å². The molecule has 0 atom stereocenters. The molecule has 0 radical (unpaired) electrons. The molecule has 0 amide bonds. The largest absolute Gasteiger partial charge is 0.476 e. The van der Waals surface area contributed by atoms with E-state index in [9.17, 15) is 9.59 Å². The van der Waals surface area contributed by atoms with Crippen LogP contribution in [0.4, 0.5) is 0 Å². The first-order chi connectivity index (χ1) is 15.6. The van der Waals surface area contributed by atoms with Gasteiger partial charge in [0.1, 0.15) is 19.3 Å². The maximum absolute atomic E-state index is 12.3. The Hall–Kier alpha value is -3.76. The molecule has 0 aliphatic carbocycles. The monoisotopic (exact) mass is 462 g/mol. The number of oxime groups is 2. The van der Waals surface area contributed by atoms with Gasteiger partial charge in [0.2, 0.25) is 11.6 Å². The second-order valence-electron chi connectivity index (χ2n) is 7.41. The van der Waals surface area contributed by atoms with E-state index < -0.39 is 17.5 Å². The molecule has 0 bridgehead atoms. The van der Waals surface area contributed by atoms with E-state index in [1.165, 1.54) is 21.1 Å². The van der Waals surface area contributed by atoms with E-state index in [4.69, 9.17) is 23.9 Å². The molecule has 0 heterocycles. The molecule has 1 aromatic rings. The van der Waals surface area contributed by atoms with Crippen LogP contribution < -0.4 is 0 Å². The molecule has 1 aromatic carbocycles. The summed E-state index contributed by atoms with van der Waals surface area (Å²) in [7, 11) is 2.57. The molecular weight excluding hydrogens is 432 g/mol. The molecule has 1 rings (SSSR count). The first-order valence-corrected chi connectivity index (χ1v) is 9.99. The Morgan fingerprint density at radius 2 is 1.58 bits per heavy atom. The molecule has 0 saturated carbocycles. The van der Waals surface area contributed by atoms with E-state index in [-0.39, 0.29) is 36.2 Å². The highest BCUT2D eigenvalue weighted by Crippen LogP contribution is 2.08. The topological polar surface area (TPSA) is 130 Å². The highest BCUT2D eigenvalue weighted by atomic mass is 16.6. The van der Waals surface area contributed by atoms with Gasteiger partial charge in [-0.05, 0) is 27.7 Å². The fourth-order valence-corrected chi connectivity index (χ4v) is 2.13. The summed E-state index contributed by atoms with van der Waals surface area (Å²) < 4.78 is 15.4. The minimum Gasteiger partial charge on any atom is -0.476 e. The number of rotatable bonds is 10. The lowest BCUT2D eigenvalue weighted by Gasteiger charge is -2.19. The molecule has 0 fully saturated rings. The van der Waals surface area contributed by atoms with E-state index in [0.29, 0.717) is 5.56 Å². The lowest BCUT2D eigenvalue weighted by Crippen LogP contribution is -2.32. The Labute approximate surface area is 193 Å². The van der Waals surface area contributed by atoms with Crippen molar-refractivity contribution in [1.29, 1.82) is 0 Å². The van der Waals surface area contributed by atoms with Crippen molar-refractivity contribution >= 4 is 35.0 Å². The highest BCUT2D eigenvalue weighted by Gasteiger charge is 2.24. The summed E-state index contributed by atoms with van der Waals surface area (Å²) in [6, 6.07) is 8.78. The van der Waals surface area contributed by atoms with Crippen molar-refractivity contribution in [3.63, 3.8) is 0 Å². The quantitative estimate of drug-likeness (QED) is 0.172. The zero-order valence-corrected chi connectivity index (χ0v) is 19.9. The fraction of sp³-hybridized carbons (Fsp3) is 0.455. The molecule has 33 heavy (non-hydrogen) atoms. The summed E-state index contributed by atoms with van der Waals surface area (Å²) in [4.78, 5) is 34.0. The van der Waals surface area contributed by atoms with Crippen LogP contribution in [0.3, 0.4) is 0 Å². The summed E-state index contributed by atoms with van der Waals surface area (Å²) in [5, 5.41) is 15.3. The van der Waals surface area contributed by atoms with E-state index in [1.54, 1.807) is 52.0 Å². The maximum Gasteiger partial charge on any atom is 0.362 e. The van der Waals surface area contributed by atoms with Crippen LogP contribution >= 0.6 is 0 Å². The third-order valence-electron chi connectivity index (χ3n) is 3.53. The number of methoxy groups -OCH3 is 1. The number of esters is 2. The van der Waals surface area contributed by atoms with Crippen molar-refractivity contribution < 1.29 is 33.5 Å². The van der Waals surface area contributed by atoms with Gasteiger partial charge in [-0.25, -0.2) is 9.59 Å². The van der Waals surface area contributed by atoms with Gasteiger partial charge in [-0.15, -0.1) is 10.2 Å². The van der Waals surface area contributed by atoms with Crippen LogP contribution in [0.5, 0.6) is 0 Å². The van der Waals surface area contributed by atoms with Crippen molar-refractivity contribution in [2.75, 3.05) is 27.4 Å².